The van der Waals surface area contributed by atoms with Crippen molar-refractivity contribution in [3.63, 3.8) is 0 Å². The number of anilines is 1. The van der Waals surface area contributed by atoms with Crippen LogP contribution in [-0.2, 0) is 7.05 Å². The van der Waals surface area contributed by atoms with E-state index in [0.717, 1.165) is 6.07 Å². The first-order valence-corrected chi connectivity index (χ1v) is 5.87. The molecule has 114 valence electrons. The smallest absolute Gasteiger partial charge is 0.274 e. The fourth-order valence-electron chi connectivity index (χ4n) is 1.65. The van der Waals surface area contributed by atoms with Gasteiger partial charge >= 0.3 is 5.69 Å². The fourth-order valence-corrected chi connectivity index (χ4v) is 1.65. The number of non-ortho nitro benzene ring substituents is 1. The third-order valence-electron chi connectivity index (χ3n) is 2.62. The van der Waals surface area contributed by atoms with Crippen LogP contribution in [-0.4, -0.2) is 25.5 Å². The predicted molar refractivity (Wildman–Crippen MR) is 74.0 cm³/mol. The van der Waals surface area contributed by atoms with Crippen LogP contribution in [0.15, 0.2) is 30.5 Å². The van der Waals surface area contributed by atoms with Crippen LogP contribution in [0.25, 0.3) is 0 Å². The summed E-state index contributed by atoms with van der Waals surface area (Å²) in [6.07, 6.45) is 1.17. The molecule has 0 radical (unpaired) electrons. The molecule has 0 aliphatic heterocycles. The topological polar surface area (TPSA) is 145 Å². The zero-order chi connectivity index (χ0) is 16.3. The minimum absolute atomic E-state index is 0.0280. The molecular formula is C11H10N6O5. The monoisotopic (exact) mass is 306 g/mol. The van der Waals surface area contributed by atoms with Gasteiger partial charge in [0, 0.05) is 24.7 Å². The molecule has 0 fully saturated rings. The maximum absolute atomic E-state index is 11.9. The number of rotatable bonds is 5. The Kier molecular flexibility index (Phi) is 3.97. The number of nitro groups is 2. The van der Waals surface area contributed by atoms with E-state index in [1.807, 2.05) is 0 Å². The van der Waals surface area contributed by atoms with Crippen molar-refractivity contribution in [3.05, 3.63) is 56.3 Å². The van der Waals surface area contributed by atoms with Crippen LogP contribution >= 0.6 is 0 Å². The number of amides is 1. The van der Waals surface area contributed by atoms with Gasteiger partial charge in [0.1, 0.15) is 6.20 Å². The zero-order valence-corrected chi connectivity index (χ0v) is 11.2. The molecule has 0 atom stereocenters. The molecule has 0 spiro atoms. The van der Waals surface area contributed by atoms with Crippen molar-refractivity contribution >= 4 is 23.1 Å². The van der Waals surface area contributed by atoms with E-state index in [4.69, 9.17) is 0 Å². The lowest BCUT2D eigenvalue weighted by atomic mass is 10.2. The minimum atomic E-state index is -0.691. The van der Waals surface area contributed by atoms with Crippen molar-refractivity contribution in [2.24, 2.45) is 7.05 Å². The average molecular weight is 306 g/mol. The SMILES string of the molecule is Cn1cc([N+](=O)[O-])c(NNC(=O)c2cccc([N+](=O)[O-])c2)n1. The second-order valence-corrected chi connectivity index (χ2v) is 4.18. The Morgan fingerprint density at radius 2 is 2.00 bits per heavy atom. The molecule has 1 amide bonds. The third-order valence-corrected chi connectivity index (χ3v) is 2.62. The number of carbonyl (C=O) groups excluding carboxylic acids is 1. The summed E-state index contributed by atoms with van der Waals surface area (Å²) < 4.78 is 1.21. The normalized spacial score (nSPS) is 10.0. The quantitative estimate of drug-likeness (QED) is 0.618. The van der Waals surface area contributed by atoms with Gasteiger partial charge in [-0.25, -0.2) is 0 Å². The maximum Gasteiger partial charge on any atom is 0.332 e. The van der Waals surface area contributed by atoms with Gasteiger partial charge in [-0.1, -0.05) is 6.07 Å². The molecule has 1 aromatic heterocycles. The Hall–Kier alpha value is -3.50. The summed E-state index contributed by atoms with van der Waals surface area (Å²) in [7, 11) is 1.49. The van der Waals surface area contributed by atoms with Crippen molar-refractivity contribution in [2.45, 2.75) is 0 Å². The number of hydrogen-bond acceptors (Lipinski definition) is 7. The van der Waals surface area contributed by atoms with Gasteiger partial charge in [0.05, 0.1) is 9.85 Å². The summed E-state index contributed by atoms with van der Waals surface area (Å²) in [5, 5.41) is 25.2. The van der Waals surface area contributed by atoms with E-state index in [2.05, 4.69) is 16.0 Å². The van der Waals surface area contributed by atoms with E-state index in [-0.39, 0.29) is 22.8 Å². The highest BCUT2D eigenvalue weighted by atomic mass is 16.6. The number of nitro benzene ring substituents is 1. The molecule has 0 saturated heterocycles. The first kappa shape index (κ1) is 14.9. The number of aromatic nitrogens is 2. The highest BCUT2D eigenvalue weighted by Crippen LogP contribution is 2.20. The predicted octanol–water partition coefficient (Wildman–Crippen LogP) is 0.993. The first-order valence-electron chi connectivity index (χ1n) is 5.87. The van der Waals surface area contributed by atoms with E-state index >= 15 is 0 Å². The minimum Gasteiger partial charge on any atom is -0.274 e. The van der Waals surface area contributed by atoms with Crippen molar-refractivity contribution in [3.8, 4) is 0 Å². The summed E-state index contributed by atoms with van der Waals surface area (Å²) in [4.78, 5) is 32.0. The Morgan fingerprint density at radius 3 is 2.64 bits per heavy atom. The summed E-state index contributed by atoms with van der Waals surface area (Å²) in [6.45, 7) is 0. The lowest BCUT2D eigenvalue weighted by Crippen LogP contribution is -2.30. The van der Waals surface area contributed by atoms with Crippen molar-refractivity contribution in [2.75, 3.05) is 5.43 Å². The van der Waals surface area contributed by atoms with Gasteiger partial charge in [0.15, 0.2) is 0 Å². The highest BCUT2D eigenvalue weighted by molar-refractivity contribution is 5.95. The van der Waals surface area contributed by atoms with Gasteiger partial charge in [-0.15, -0.1) is 5.10 Å². The zero-order valence-electron chi connectivity index (χ0n) is 11.2. The van der Waals surface area contributed by atoms with Gasteiger partial charge in [0.2, 0.25) is 5.82 Å². The number of nitrogens with zero attached hydrogens (tertiary/aromatic N) is 4. The van der Waals surface area contributed by atoms with Gasteiger partial charge < -0.3 is 0 Å². The van der Waals surface area contributed by atoms with E-state index in [0.29, 0.717) is 0 Å². The molecule has 2 rings (SSSR count). The first-order chi connectivity index (χ1) is 10.4. The van der Waals surface area contributed by atoms with Crippen LogP contribution in [0.5, 0.6) is 0 Å². The molecule has 1 aromatic carbocycles. The van der Waals surface area contributed by atoms with Crippen LogP contribution in [0, 0.1) is 20.2 Å². The van der Waals surface area contributed by atoms with Gasteiger partial charge in [-0.2, -0.15) is 0 Å². The standard InChI is InChI=1S/C11H10N6O5/c1-15-6-9(17(21)22)10(14-15)12-13-11(18)7-3-2-4-8(5-7)16(19)20/h2-6H,1H3,(H,12,14)(H,13,18). The lowest BCUT2D eigenvalue weighted by molar-refractivity contribution is -0.384. The van der Waals surface area contributed by atoms with Crippen molar-refractivity contribution in [1.82, 2.24) is 15.2 Å². The Balaban J connectivity index is 2.12. The number of aryl methyl sites for hydroxylation is 1. The number of hydrogen-bond donors (Lipinski definition) is 2. The highest BCUT2D eigenvalue weighted by Gasteiger charge is 2.19. The Morgan fingerprint density at radius 1 is 1.27 bits per heavy atom. The molecule has 11 nitrogen and oxygen atoms in total. The molecule has 0 bridgehead atoms. The number of nitrogens with one attached hydrogen (secondary N) is 2. The van der Waals surface area contributed by atoms with Crippen LogP contribution < -0.4 is 10.9 Å². The Labute approximate surface area is 122 Å². The average Bonchev–Trinajstić information content (AvgIpc) is 2.86. The molecule has 2 aromatic rings. The number of hydrazine groups is 1. The van der Waals surface area contributed by atoms with Crippen molar-refractivity contribution < 1.29 is 14.6 Å². The summed E-state index contributed by atoms with van der Waals surface area (Å²) in [6, 6.07) is 5.06. The lowest BCUT2D eigenvalue weighted by Gasteiger charge is -2.05. The fraction of sp³-hybridized carbons (Fsp3) is 0.0909. The van der Waals surface area contributed by atoms with E-state index in [1.54, 1.807) is 0 Å². The van der Waals surface area contributed by atoms with E-state index < -0.39 is 15.8 Å². The molecular weight excluding hydrogens is 296 g/mol. The van der Waals surface area contributed by atoms with E-state index in [9.17, 15) is 25.0 Å². The molecule has 0 aliphatic carbocycles. The molecule has 22 heavy (non-hydrogen) atoms. The Bertz CT molecular complexity index is 755. The third kappa shape index (κ3) is 3.15. The van der Waals surface area contributed by atoms with Gasteiger partial charge in [-0.05, 0) is 6.07 Å². The second-order valence-electron chi connectivity index (χ2n) is 4.18. The largest absolute Gasteiger partial charge is 0.332 e. The molecule has 11 heteroatoms. The summed E-state index contributed by atoms with van der Waals surface area (Å²) >= 11 is 0. The molecule has 0 saturated carbocycles. The van der Waals surface area contributed by atoms with Crippen LogP contribution in [0.2, 0.25) is 0 Å². The number of carbonyl (C=O) groups is 1. The van der Waals surface area contributed by atoms with Gasteiger partial charge in [-0.3, -0.25) is 40.6 Å². The second kappa shape index (κ2) is 5.87. The molecule has 0 unspecified atom stereocenters. The molecule has 1 heterocycles. The van der Waals surface area contributed by atoms with Crippen LogP contribution in [0.1, 0.15) is 10.4 Å². The number of benzene rings is 1. The van der Waals surface area contributed by atoms with E-state index in [1.165, 1.54) is 36.1 Å². The summed E-state index contributed by atoms with van der Waals surface area (Å²) in [5.74, 6) is -0.838. The summed E-state index contributed by atoms with van der Waals surface area (Å²) in [5.41, 5.74) is 3.99. The van der Waals surface area contributed by atoms with Crippen LogP contribution in [0.4, 0.5) is 17.2 Å². The van der Waals surface area contributed by atoms with Crippen LogP contribution in [0.3, 0.4) is 0 Å². The maximum atomic E-state index is 11.9. The molecule has 0 aliphatic rings. The van der Waals surface area contributed by atoms with Gasteiger partial charge in [0.25, 0.3) is 11.6 Å². The van der Waals surface area contributed by atoms with Crippen molar-refractivity contribution in [1.29, 1.82) is 0 Å². The molecule has 2 N–H and O–H groups in total.